The molecular formula is C16H19N5O4S. The van der Waals surface area contributed by atoms with Gasteiger partial charge in [-0.3, -0.25) is 0 Å². The molecule has 0 amide bonds. The van der Waals surface area contributed by atoms with Crippen molar-refractivity contribution in [3.05, 3.63) is 42.0 Å². The number of rotatable bonds is 6. The molecule has 0 fully saturated rings. The summed E-state index contributed by atoms with van der Waals surface area (Å²) in [6.07, 6.45) is 0. The van der Waals surface area contributed by atoms with Crippen LogP contribution in [0.2, 0.25) is 0 Å². The Labute approximate surface area is 150 Å². The number of carboxylic acids is 1. The number of sulfonamides is 1. The molecule has 0 spiro atoms. The first kappa shape index (κ1) is 19.3. The third-order valence-electron chi connectivity index (χ3n) is 3.20. The standard InChI is InChI=1S/C16H19N5O4S/c1-9(2)21-26(24,25)12-5-3-11(4-6-12)19-20-15-13(16(22)23)7-10(17)8-14(15)18/h3-9,21H,17-18H2,1-2H3,(H,22,23). The number of nitrogen functional groups attached to an aromatic ring is 2. The summed E-state index contributed by atoms with van der Waals surface area (Å²) >= 11 is 0. The molecule has 26 heavy (non-hydrogen) atoms. The molecule has 2 rings (SSSR count). The van der Waals surface area contributed by atoms with E-state index in [1.165, 1.54) is 36.4 Å². The van der Waals surface area contributed by atoms with Gasteiger partial charge in [0, 0.05) is 11.7 Å². The SMILES string of the molecule is CC(C)NS(=O)(=O)c1ccc(N=Nc2c(N)cc(N)cc2C(=O)O)cc1. The van der Waals surface area contributed by atoms with E-state index >= 15 is 0 Å². The first-order valence-electron chi connectivity index (χ1n) is 7.56. The number of nitrogens with zero attached hydrogens (tertiary/aromatic N) is 2. The number of hydrogen-bond acceptors (Lipinski definition) is 7. The van der Waals surface area contributed by atoms with Gasteiger partial charge in [0.15, 0.2) is 0 Å². The second-order valence-electron chi connectivity index (χ2n) is 5.78. The van der Waals surface area contributed by atoms with E-state index in [0.717, 1.165) is 0 Å². The van der Waals surface area contributed by atoms with Crippen LogP contribution in [0.3, 0.4) is 0 Å². The van der Waals surface area contributed by atoms with Gasteiger partial charge in [0.25, 0.3) is 0 Å². The lowest BCUT2D eigenvalue weighted by Gasteiger charge is -2.09. The number of azo groups is 1. The third-order valence-corrected chi connectivity index (χ3v) is 4.87. The van der Waals surface area contributed by atoms with Crippen LogP contribution in [0, 0.1) is 0 Å². The predicted molar refractivity (Wildman–Crippen MR) is 98.3 cm³/mol. The van der Waals surface area contributed by atoms with Crippen molar-refractivity contribution in [2.75, 3.05) is 11.5 Å². The molecule has 0 heterocycles. The summed E-state index contributed by atoms with van der Waals surface area (Å²) in [6.45, 7) is 3.44. The zero-order valence-corrected chi connectivity index (χ0v) is 15.0. The number of nitrogens with two attached hydrogens (primary N) is 2. The van der Waals surface area contributed by atoms with Crippen molar-refractivity contribution in [1.29, 1.82) is 0 Å². The fourth-order valence-electron chi connectivity index (χ4n) is 2.13. The number of carboxylic acid groups (broad SMARTS) is 1. The van der Waals surface area contributed by atoms with Crippen molar-refractivity contribution in [1.82, 2.24) is 4.72 Å². The molecule has 0 bridgehead atoms. The van der Waals surface area contributed by atoms with Gasteiger partial charge < -0.3 is 16.6 Å². The highest BCUT2D eigenvalue weighted by Crippen LogP contribution is 2.31. The van der Waals surface area contributed by atoms with Crippen molar-refractivity contribution in [3.63, 3.8) is 0 Å². The van der Waals surface area contributed by atoms with E-state index in [2.05, 4.69) is 15.0 Å². The topological polar surface area (TPSA) is 160 Å². The first-order valence-corrected chi connectivity index (χ1v) is 9.05. The average molecular weight is 377 g/mol. The molecule has 0 atom stereocenters. The molecule has 0 aliphatic heterocycles. The molecule has 2 aromatic rings. The van der Waals surface area contributed by atoms with Gasteiger partial charge in [0.2, 0.25) is 10.0 Å². The molecule has 10 heteroatoms. The van der Waals surface area contributed by atoms with E-state index in [1.54, 1.807) is 13.8 Å². The lowest BCUT2D eigenvalue weighted by atomic mass is 10.1. The fourth-order valence-corrected chi connectivity index (χ4v) is 3.38. The minimum Gasteiger partial charge on any atom is -0.478 e. The Hall–Kier alpha value is -2.98. The van der Waals surface area contributed by atoms with Crippen LogP contribution in [-0.4, -0.2) is 25.5 Å². The van der Waals surface area contributed by atoms with Crippen LogP contribution in [0.25, 0.3) is 0 Å². The van der Waals surface area contributed by atoms with Crippen LogP contribution >= 0.6 is 0 Å². The van der Waals surface area contributed by atoms with Crippen molar-refractivity contribution < 1.29 is 18.3 Å². The molecule has 6 N–H and O–H groups in total. The molecule has 0 aliphatic rings. The molecule has 0 saturated carbocycles. The van der Waals surface area contributed by atoms with Gasteiger partial charge in [0.1, 0.15) is 5.69 Å². The van der Waals surface area contributed by atoms with Crippen LogP contribution < -0.4 is 16.2 Å². The van der Waals surface area contributed by atoms with E-state index in [9.17, 15) is 18.3 Å². The number of anilines is 2. The summed E-state index contributed by atoms with van der Waals surface area (Å²) in [5.74, 6) is -1.24. The van der Waals surface area contributed by atoms with Gasteiger partial charge >= 0.3 is 5.97 Å². The molecular weight excluding hydrogens is 358 g/mol. The molecule has 0 aliphatic carbocycles. The normalized spacial score (nSPS) is 12.0. The number of benzene rings is 2. The van der Waals surface area contributed by atoms with Crippen molar-refractivity contribution in [2.45, 2.75) is 24.8 Å². The van der Waals surface area contributed by atoms with Gasteiger partial charge in [0.05, 0.1) is 21.8 Å². The van der Waals surface area contributed by atoms with Gasteiger partial charge in [-0.1, -0.05) is 0 Å². The minimum atomic E-state index is -3.61. The first-order chi connectivity index (χ1) is 12.1. The molecule has 0 saturated heterocycles. The highest BCUT2D eigenvalue weighted by molar-refractivity contribution is 7.89. The van der Waals surface area contributed by atoms with E-state index in [4.69, 9.17) is 11.5 Å². The van der Waals surface area contributed by atoms with Crippen LogP contribution in [-0.2, 0) is 10.0 Å². The van der Waals surface area contributed by atoms with Gasteiger partial charge in [-0.05, 0) is 50.2 Å². The van der Waals surface area contributed by atoms with Crippen molar-refractivity contribution in [2.24, 2.45) is 10.2 Å². The van der Waals surface area contributed by atoms with Gasteiger partial charge in [-0.15, -0.1) is 5.11 Å². The molecule has 0 aromatic heterocycles. The molecule has 0 unspecified atom stereocenters. The third kappa shape index (κ3) is 4.55. The molecule has 0 radical (unpaired) electrons. The predicted octanol–water partition coefficient (Wildman–Crippen LogP) is 2.65. The summed E-state index contributed by atoms with van der Waals surface area (Å²) < 4.78 is 26.6. The lowest BCUT2D eigenvalue weighted by Crippen LogP contribution is -2.30. The Balaban J connectivity index is 2.32. The maximum atomic E-state index is 12.1. The summed E-state index contributed by atoms with van der Waals surface area (Å²) in [5.41, 5.74) is 11.8. The molecule has 9 nitrogen and oxygen atoms in total. The van der Waals surface area contributed by atoms with E-state index < -0.39 is 16.0 Å². The van der Waals surface area contributed by atoms with Crippen LogP contribution in [0.1, 0.15) is 24.2 Å². The maximum Gasteiger partial charge on any atom is 0.338 e. The summed E-state index contributed by atoms with van der Waals surface area (Å²) in [6, 6.07) is 8.04. The zero-order chi connectivity index (χ0) is 19.5. The monoisotopic (exact) mass is 377 g/mol. The lowest BCUT2D eigenvalue weighted by molar-refractivity contribution is 0.0698. The quantitative estimate of drug-likeness (QED) is 0.447. The molecule has 2 aromatic carbocycles. The second kappa shape index (κ2) is 7.50. The van der Waals surface area contributed by atoms with Crippen LogP contribution in [0.15, 0.2) is 51.5 Å². The van der Waals surface area contributed by atoms with Gasteiger partial charge in [-0.25, -0.2) is 17.9 Å². The Kier molecular flexibility index (Phi) is 5.58. The maximum absolute atomic E-state index is 12.1. The summed E-state index contributed by atoms with van der Waals surface area (Å²) in [4.78, 5) is 11.4. The Morgan fingerprint density at radius 3 is 2.27 bits per heavy atom. The van der Waals surface area contributed by atoms with E-state index in [-0.39, 0.29) is 33.6 Å². The fraction of sp³-hybridized carbons (Fsp3) is 0.188. The second-order valence-corrected chi connectivity index (χ2v) is 7.50. The number of nitrogens with one attached hydrogen (secondary N) is 1. The largest absolute Gasteiger partial charge is 0.478 e. The number of hydrogen-bond donors (Lipinski definition) is 4. The molecule has 138 valence electrons. The zero-order valence-electron chi connectivity index (χ0n) is 14.2. The van der Waals surface area contributed by atoms with Gasteiger partial charge in [-0.2, -0.15) is 5.11 Å². The number of aromatic carboxylic acids is 1. The Bertz CT molecular complexity index is 953. The van der Waals surface area contributed by atoms with E-state index in [1.807, 2.05) is 0 Å². The van der Waals surface area contributed by atoms with Crippen LogP contribution in [0.4, 0.5) is 22.7 Å². The van der Waals surface area contributed by atoms with Crippen molar-refractivity contribution >= 4 is 38.7 Å². The van der Waals surface area contributed by atoms with E-state index in [0.29, 0.717) is 5.69 Å². The average Bonchev–Trinajstić information content (AvgIpc) is 2.52. The summed E-state index contributed by atoms with van der Waals surface area (Å²) in [5, 5.41) is 17.0. The Morgan fingerprint density at radius 2 is 1.73 bits per heavy atom. The Morgan fingerprint density at radius 1 is 1.12 bits per heavy atom. The number of carbonyl (C=O) groups is 1. The highest BCUT2D eigenvalue weighted by atomic mass is 32.2. The summed E-state index contributed by atoms with van der Waals surface area (Å²) in [7, 11) is -3.61. The highest BCUT2D eigenvalue weighted by Gasteiger charge is 2.16. The minimum absolute atomic E-state index is 0.0233. The smallest absolute Gasteiger partial charge is 0.338 e. The van der Waals surface area contributed by atoms with Crippen molar-refractivity contribution in [3.8, 4) is 0 Å². The van der Waals surface area contributed by atoms with Crippen LogP contribution in [0.5, 0.6) is 0 Å².